The first-order valence-corrected chi connectivity index (χ1v) is 11.8. The molecule has 0 bridgehead atoms. The summed E-state index contributed by atoms with van der Waals surface area (Å²) < 4.78 is 2.52. The van der Waals surface area contributed by atoms with Gasteiger partial charge in [-0.1, -0.05) is 72.5 Å². The highest BCUT2D eigenvalue weighted by Gasteiger charge is 2.33. The first-order valence-electron chi connectivity index (χ1n) is 8.87. The van der Waals surface area contributed by atoms with Crippen LogP contribution in [0.3, 0.4) is 0 Å². The van der Waals surface area contributed by atoms with E-state index in [2.05, 4.69) is 105 Å². The van der Waals surface area contributed by atoms with E-state index >= 15 is 0 Å². The zero-order valence-corrected chi connectivity index (χ0v) is 17.1. The summed E-state index contributed by atoms with van der Waals surface area (Å²) >= 11 is 6.28. The Kier molecular flexibility index (Phi) is 5.43. The van der Waals surface area contributed by atoms with Crippen molar-refractivity contribution in [1.29, 1.82) is 0 Å². The summed E-state index contributed by atoms with van der Waals surface area (Å²) in [6, 6.07) is 22.1. The van der Waals surface area contributed by atoms with Gasteiger partial charge in [0, 0.05) is 12.1 Å². The van der Waals surface area contributed by atoms with Crippen LogP contribution in [0.4, 0.5) is 0 Å². The molecular weight excluding hydrogens is 341 g/mol. The largest absolute Gasteiger partial charge is 0.264 e. The summed E-state index contributed by atoms with van der Waals surface area (Å²) in [5.41, 5.74) is 5.05. The lowest BCUT2D eigenvalue weighted by molar-refractivity contribution is 0.326. The molecule has 0 unspecified atom stereocenters. The Labute approximate surface area is 157 Å². The Hall–Kier alpha value is -1.47. The quantitative estimate of drug-likeness (QED) is 0.548. The van der Waals surface area contributed by atoms with Gasteiger partial charge in [-0.25, -0.2) is 0 Å². The van der Waals surface area contributed by atoms with Gasteiger partial charge in [-0.2, -0.15) is 0 Å². The van der Waals surface area contributed by atoms with Gasteiger partial charge in [0.2, 0.25) is 0 Å². The smallest absolute Gasteiger partial charge is 0.0587 e. The molecular formula is C22H26NPS. The number of hydrogen-bond acceptors (Lipinski definition) is 1. The molecule has 3 rings (SSSR count). The minimum atomic E-state index is -1.89. The Morgan fingerprint density at radius 1 is 0.680 bits per heavy atom. The maximum absolute atomic E-state index is 6.28. The molecule has 0 spiro atoms. The number of nitrogens with zero attached hydrogens (tertiary/aromatic N) is 1. The molecule has 1 aliphatic rings. The van der Waals surface area contributed by atoms with Crippen LogP contribution in [0.2, 0.25) is 0 Å². The Bertz CT molecular complexity index is 767. The van der Waals surface area contributed by atoms with Crippen molar-refractivity contribution in [3.05, 3.63) is 83.4 Å². The van der Waals surface area contributed by atoms with Crippen molar-refractivity contribution in [2.75, 3.05) is 0 Å². The fourth-order valence-electron chi connectivity index (χ4n) is 3.69. The van der Waals surface area contributed by atoms with E-state index in [4.69, 9.17) is 11.8 Å². The van der Waals surface area contributed by atoms with E-state index in [0.29, 0.717) is 12.1 Å². The van der Waals surface area contributed by atoms with Gasteiger partial charge in [-0.3, -0.25) is 4.67 Å². The lowest BCUT2D eigenvalue weighted by Gasteiger charge is -2.36. The highest BCUT2D eigenvalue weighted by atomic mass is 32.4. The molecule has 0 aliphatic carbocycles. The lowest BCUT2D eigenvalue weighted by atomic mass is 9.95. The van der Waals surface area contributed by atoms with Crippen LogP contribution in [-0.2, 0) is 11.8 Å². The monoisotopic (exact) mass is 367 g/mol. The molecule has 0 saturated carbocycles. The number of benzene rings is 2. The number of rotatable bonds is 5. The van der Waals surface area contributed by atoms with Gasteiger partial charge in [0.15, 0.2) is 0 Å². The van der Waals surface area contributed by atoms with Gasteiger partial charge in [-0.15, -0.1) is 0 Å². The molecule has 0 saturated heterocycles. The Balaban J connectivity index is 2.18. The third-order valence-corrected chi connectivity index (χ3v) is 8.61. The molecule has 0 radical (unpaired) electrons. The highest BCUT2D eigenvalue weighted by Crippen LogP contribution is 2.64. The second-order valence-corrected chi connectivity index (χ2v) is 11.1. The van der Waals surface area contributed by atoms with Gasteiger partial charge in [-0.05, 0) is 61.6 Å². The summed E-state index contributed by atoms with van der Waals surface area (Å²) in [4.78, 5) is 0. The molecule has 1 heterocycles. The predicted molar refractivity (Wildman–Crippen MR) is 115 cm³/mol. The SMILES string of the molecule is CC(C)N(C(C)C)P1(=S)C=C(c2ccccc2)C(c2ccccc2)=C1. The second-order valence-electron chi connectivity index (χ2n) is 7.06. The maximum atomic E-state index is 6.28. The molecule has 2 aromatic rings. The van der Waals surface area contributed by atoms with Crippen molar-refractivity contribution in [2.45, 2.75) is 39.8 Å². The van der Waals surface area contributed by atoms with E-state index in [9.17, 15) is 0 Å². The molecule has 3 heteroatoms. The summed E-state index contributed by atoms with van der Waals surface area (Å²) in [7, 11) is 0. The average molecular weight is 367 g/mol. The minimum absolute atomic E-state index is 0.422. The van der Waals surface area contributed by atoms with Gasteiger partial charge >= 0.3 is 0 Å². The molecule has 0 amide bonds. The third kappa shape index (κ3) is 3.72. The molecule has 2 aromatic carbocycles. The van der Waals surface area contributed by atoms with E-state index < -0.39 is 6.19 Å². The number of allylic oxidation sites excluding steroid dienone is 2. The zero-order valence-electron chi connectivity index (χ0n) is 15.4. The van der Waals surface area contributed by atoms with Gasteiger partial charge in [0.25, 0.3) is 0 Å². The maximum Gasteiger partial charge on any atom is 0.0587 e. The predicted octanol–water partition coefficient (Wildman–Crippen LogP) is 6.60. The van der Waals surface area contributed by atoms with E-state index in [0.717, 1.165) is 0 Å². The van der Waals surface area contributed by atoms with Crippen LogP contribution in [0, 0.1) is 0 Å². The van der Waals surface area contributed by atoms with Gasteiger partial charge in [0.1, 0.15) is 0 Å². The fraction of sp³-hybridized carbons (Fsp3) is 0.273. The van der Waals surface area contributed by atoms with Gasteiger partial charge in [0.05, 0.1) is 6.19 Å². The molecule has 0 atom stereocenters. The van der Waals surface area contributed by atoms with Crippen molar-refractivity contribution >= 4 is 29.1 Å². The van der Waals surface area contributed by atoms with Crippen molar-refractivity contribution in [3.63, 3.8) is 0 Å². The van der Waals surface area contributed by atoms with Crippen LogP contribution < -0.4 is 0 Å². The molecule has 0 aromatic heterocycles. The lowest BCUT2D eigenvalue weighted by Crippen LogP contribution is -2.32. The van der Waals surface area contributed by atoms with Crippen LogP contribution >= 0.6 is 6.19 Å². The first kappa shape index (κ1) is 18.3. The topological polar surface area (TPSA) is 3.24 Å². The summed E-state index contributed by atoms with van der Waals surface area (Å²) in [6.07, 6.45) is -1.89. The highest BCUT2D eigenvalue weighted by molar-refractivity contribution is 8.16. The molecule has 0 N–H and O–H groups in total. The molecule has 25 heavy (non-hydrogen) atoms. The van der Waals surface area contributed by atoms with Crippen molar-refractivity contribution < 1.29 is 0 Å². The average Bonchev–Trinajstić information content (AvgIpc) is 2.94. The summed E-state index contributed by atoms with van der Waals surface area (Å²) in [6.45, 7) is 8.99. The van der Waals surface area contributed by atoms with Crippen LogP contribution in [0.15, 0.2) is 72.3 Å². The van der Waals surface area contributed by atoms with E-state index in [1.54, 1.807) is 0 Å². The molecule has 130 valence electrons. The second kappa shape index (κ2) is 7.41. The van der Waals surface area contributed by atoms with Crippen molar-refractivity contribution in [3.8, 4) is 0 Å². The van der Waals surface area contributed by atoms with Gasteiger partial charge < -0.3 is 0 Å². The zero-order chi connectivity index (χ0) is 18.0. The Morgan fingerprint density at radius 3 is 1.36 bits per heavy atom. The Morgan fingerprint density at radius 2 is 1.04 bits per heavy atom. The van der Waals surface area contributed by atoms with E-state index in [1.165, 1.54) is 22.3 Å². The van der Waals surface area contributed by atoms with Crippen LogP contribution in [0.25, 0.3) is 11.1 Å². The van der Waals surface area contributed by atoms with Crippen LogP contribution in [-0.4, -0.2) is 16.8 Å². The van der Waals surface area contributed by atoms with E-state index in [1.807, 2.05) is 0 Å². The standard InChI is InChI=1S/C22H26NPS/c1-17(2)23(18(3)4)24(25)15-21(19-11-7-5-8-12-19)22(16-24)20-13-9-6-10-14-20/h5-18H,1-4H3. The van der Waals surface area contributed by atoms with Crippen LogP contribution in [0.5, 0.6) is 0 Å². The van der Waals surface area contributed by atoms with Crippen molar-refractivity contribution in [2.24, 2.45) is 0 Å². The summed E-state index contributed by atoms with van der Waals surface area (Å²) in [5.74, 6) is 4.75. The van der Waals surface area contributed by atoms with Crippen molar-refractivity contribution in [1.82, 2.24) is 4.67 Å². The molecule has 1 aliphatic heterocycles. The molecule has 0 fully saturated rings. The molecule has 1 nitrogen and oxygen atoms in total. The summed E-state index contributed by atoms with van der Waals surface area (Å²) in [5, 5.41) is 0. The number of hydrogen-bond donors (Lipinski definition) is 0. The first-order chi connectivity index (χ1) is 11.9. The van der Waals surface area contributed by atoms with Crippen LogP contribution in [0.1, 0.15) is 38.8 Å². The third-order valence-electron chi connectivity index (χ3n) is 4.51. The van der Waals surface area contributed by atoms with E-state index in [-0.39, 0.29) is 0 Å². The fourth-order valence-corrected chi connectivity index (χ4v) is 8.56. The normalized spacial score (nSPS) is 16.4. The minimum Gasteiger partial charge on any atom is -0.264 e.